The molecule has 0 fully saturated rings. The maximum absolute atomic E-state index is 10.7. The van der Waals surface area contributed by atoms with Crippen LogP contribution in [0, 0.1) is 0 Å². The summed E-state index contributed by atoms with van der Waals surface area (Å²) >= 11 is 1.61. The van der Waals surface area contributed by atoms with E-state index in [0.717, 1.165) is 22.6 Å². The molecule has 66 valence electrons. The van der Waals surface area contributed by atoms with E-state index >= 15 is 0 Å². The Morgan fingerprint density at radius 2 is 2.17 bits per heavy atom. The number of rotatable bonds is 3. The minimum Gasteiger partial charge on any atom is -0.478 e. The predicted octanol–water partition coefficient (Wildman–Crippen LogP) is 2.57. The summed E-state index contributed by atoms with van der Waals surface area (Å²) in [6.07, 6.45) is 1.73. The summed E-state index contributed by atoms with van der Waals surface area (Å²) < 4.78 is 0. The van der Waals surface area contributed by atoms with Gasteiger partial charge in [-0.05, 0) is 18.9 Å². The van der Waals surface area contributed by atoms with Crippen molar-refractivity contribution in [3.05, 3.63) is 21.4 Å². The third kappa shape index (κ3) is 1.67. The molecule has 1 rings (SSSR count). The summed E-state index contributed by atoms with van der Waals surface area (Å²) in [5, 5.41) is 8.81. The van der Waals surface area contributed by atoms with Gasteiger partial charge >= 0.3 is 5.97 Å². The SMILES string of the molecule is CCc1cc(C(=O)O)c(CC)s1. The van der Waals surface area contributed by atoms with E-state index in [-0.39, 0.29) is 0 Å². The minimum absolute atomic E-state index is 0.486. The molecule has 0 radical (unpaired) electrons. The lowest BCUT2D eigenvalue weighted by Gasteiger charge is -1.91. The van der Waals surface area contributed by atoms with Gasteiger partial charge in [-0.25, -0.2) is 4.79 Å². The van der Waals surface area contributed by atoms with E-state index in [1.54, 1.807) is 17.4 Å². The summed E-state index contributed by atoms with van der Waals surface area (Å²) in [5.41, 5.74) is 0.486. The second-order valence-electron chi connectivity index (χ2n) is 2.56. The Morgan fingerprint density at radius 1 is 1.50 bits per heavy atom. The molecule has 0 unspecified atom stereocenters. The molecule has 0 saturated carbocycles. The fraction of sp³-hybridized carbons (Fsp3) is 0.444. The Morgan fingerprint density at radius 3 is 2.50 bits per heavy atom. The van der Waals surface area contributed by atoms with Gasteiger partial charge in [-0.3, -0.25) is 0 Å². The normalized spacial score (nSPS) is 10.2. The van der Waals surface area contributed by atoms with Crippen LogP contribution in [0.15, 0.2) is 6.07 Å². The molecule has 0 aromatic carbocycles. The van der Waals surface area contributed by atoms with Gasteiger partial charge in [0, 0.05) is 9.75 Å². The number of hydrogen-bond acceptors (Lipinski definition) is 2. The Hall–Kier alpha value is -0.830. The zero-order valence-electron chi connectivity index (χ0n) is 7.26. The molecule has 0 aliphatic heterocycles. The fourth-order valence-electron chi connectivity index (χ4n) is 1.10. The molecule has 0 atom stereocenters. The van der Waals surface area contributed by atoms with Crippen molar-refractivity contribution in [3.63, 3.8) is 0 Å². The van der Waals surface area contributed by atoms with Crippen LogP contribution >= 0.6 is 11.3 Å². The molecular weight excluding hydrogens is 172 g/mol. The first-order valence-electron chi connectivity index (χ1n) is 4.03. The van der Waals surface area contributed by atoms with E-state index in [4.69, 9.17) is 5.11 Å². The van der Waals surface area contributed by atoms with E-state index < -0.39 is 5.97 Å². The summed E-state index contributed by atoms with van der Waals surface area (Å²) in [7, 11) is 0. The number of aryl methyl sites for hydroxylation is 2. The maximum Gasteiger partial charge on any atom is 0.336 e. The zero-order chi connectivity index (χ0) is 9.14. The smallest absolute Gasteiger partial charge is 0.336 e. The van der Waals surface area contributed by atoms with Crippen molar-refractivity contribution < 1.29 is 9.90 Å². The average Bonchev–Trinajstić information content (AvgIpc) is 2.47. The average molecular weight is 184 g/mol. The van der Waals surface area contributed by atoms with Crippen LogP contribution in [0.2, 0.25) is 0 Å². The molecule has 0 spiro atoms. The van der Waals surface area contributed by atoms with Gasteiger partial charge in [0.25, 0.3) is 0 Å². The second kappa shape index (κ2) is 3.72. The molecule has 12 heavy (non-hydrogen) atoms. The Bertz CT molecular complexity index is 289. The molecule has 1 heterocycles. The molecule has 0 aliphatic rings. The van der Waals surface area contributed by atoms with Crippen LogP contribution in [0.4, 0.5) is 0 Å². The van der Waals surface area contributed by atoms with Gasteiger partial charge in [0.05, 0.1) is 5.56 Å². The van der Waals surface area contributed by atoms with Crippen LogP contribution in [-0.2, 0) is 12.8 Å². The molecule has 3 heteroatoms. The number of carbonyl (C=O) groups is 1. The quantitative estimate of drug-likeness (QED) is 0.783. The molecular formula is C9H12O2S. The summed E-state index contributed by atoms with van der Waals surface area (Å²) in [5.74, 6) is -0.803. The minimum atomic E-state index is -0.803. The van der Waals surface area contributed by atoms with Gasteiger partial charge in [0.15, 0.2) is 0 Å². The van der Waals surface area contributed by atoms with Gasteiger partial charge in [-0.15, -0.1) is 11.3 Å². The molecule has 0 amide bonds. The highest BCUT2D eigenvalue weighted by Crippen LogP contribution is 2.23. The van der Waals surface area contributed by atoms with Gasteiger partial charge in [-0.1, -0.05) is 13.8 Å². The number of carboxylic acid groups (broad SMARTS) is 1. The number of hydrogen-bond donors (Lipinski definition) is 1. The largest absolute Gasteiger partial charge is 0.478 e. The third-order valence-corrected chi connectivity index (χ3v) is 3.18. The molecule has 1 aromatic heterocycles. The van der Waals surface area contributed by atoms with Crippen LogP contribution in [0.3, 0.4) is 0 Å². The number of thiophene rings is 1. The van der Waals surface area contributed by atoms with Gasteiger partial charge in [-0.2, -0.15) is 0 Å². The van der Waals surface area contributed by atoms with Gasteiger partial charge in [0.1, 0.15) is 0 Å². The molecule has 0 aliphatic carbocycles. The Balaban J connectivity index is 3.08. The molecule has 0 bridgehead atoms. The van der Waals surface area contributed by atoms with Crippen LogP contribution in [0.1, 0.15) is 34.0 Å². The third-order valence-electron chi connectivity index (χ3n) is 1.76. The van der Waals surface area contributed by atoms with Crippen molar-refractivity contribution in [2.75, 3.05) is 0 Å². The topological polar surface area (TPSA) is 37.3 Å². The molecule has 0 saturated heterocycles. The summed E-state index contributed by atoms with van der Waals surface area (Å²) in [6.45, 7) is 4.02. The Labute approximate surface area is 75.9 Å². The summed E-state index contributed by atoms with van der Waals surface area (Å²) in [4.78, 5) is 12.9. The standard InChI is InChI=1S/C9H12O2S/c1-3-6-5-7(9(10)11)8(4-2)12-6/h5H,3-4H2,1-2H3,(H,10,11). The first-order chi connectivity index (χ1) is 5.69. The van der Waals surface area contributed by atoms with Crippen LogP contribution < -0.4 is 0 Å². The molecule has 1 N–H and O–H groups in total. The highest BCUT2D eigenvalue weighted by atomic mass is 32.1. The summed E-state index contributed by atoms with van der Waals surface area (Å²) in [6, 6.07) is 1.78. The lowest BCUT2D eigenvalue weighted by atomic mass is 10.2. The highest BCUT2D eigenvalue weighted by molar-refractivity contribution is 7.12. The molecule has 2 nitrogen and oxygen atoms in total. The van der Waals surface area contributed by atoms with E-state index in [1.165, 1.54) is 0 Å². The van der Waals surface area contributed by atoms with E-state index in [0.29, 0.717) is 5.56 Å². The number of aromatic carboxylic acids is 1. The Kier molecular flexibility index (Phi) is 2.87. The fourth-order valence-corrected chi connectivity index (χ4v) is 2.14. The van der Waals surface area contributed by atoms with Crippen molar-refractivity contribution in [2.45, 2.75) is 26.7 Å². The lowest BCUT2D eigenvalue weighted by Crippen LogP contribution is -1.96. The van der Waals surface area contributed by atoms with E-state index in [2.05, 4.69) is 0 Å². The first kappa shape index (κ1) is 9.26. The van der Waals surface area contributed by atoms with Crippen LogP contribution in [0.25, 0.3) is 0 Å². The van der Waals surface area contributed by atoms with Gasteiger partial charge in [0.2, 0.25) is 0 Å². The maximum atomic E-state index is 10.7. The lowest BCUT2D eigenvalue weighted by molar-refractivity contribution is 0.0696. The second-order valence-corrected chi connectivity index (χ2v) is 3.78. The highest BCUT2D eigenvalue weighted by Gasteiger charge is 2.12. The van der Waals surface area contributed by atoms with Crippen LogP contribution in [0.5, 0.6) is 0 Å². The van der Waals surface area contributed by atoms with E-state index in [1.807, 2.05) is 13.8 Å². The zero-order valence-corrected chi connectivity index (χ0v) is 8.07. The van der Waals surface area contributed by atoms with Crippen molar-refractivity contribution in [1.29, 1.82) is 0 Å². The van der Waals surface area contributed by atoms with Gasteiger partial charge < -0.3 is 5.11 Å². The predicted molar refractivity (Wildman–Crippen MR) is 50.0 cm³/mol. The van der Waals surface area contributed by atoms with Crippen LogP contribution in [-0.4, -0.2) is 11.1 Å². The monoisotopic (exact) mass is 184 g/mol. The van der Waals surface area contributed by atoms with Crippen molar-refractivity contribution >= 4 is 17.3 Å². The van der Waals surface area contributed by atoms with E-state index in [9.17, 15) is 4.79 Å². The van der Waals surface area contributed by atoms with Crippen molar-refractivity contribution in [3.8, 4) is 0 Å². The molecule has 1 aromatic rings. The first-order valence-corrected chi connectivity index (χ1v) is 4.85. The number of carboxylic acids is 1. The van der Waals surface area contributed by atoms with Crippen molar-refractivity contribution in [1.82, 2.24) is 0 Å². The van der Waals surface area contributed by atoms with Crippen molar-refractivity contribution in [2.24, 2.45) is 0 Å².